The van der Waals surface area contributed by atoms with Crippen LogP contribution in [-0.2, 0) is 0 Å². The maximum atomic E-state index is 13.8. The maximum absolute atomic E-state index is 13.8. The van der Waals surface area contributed by atoms with Crippen molar-refractivity contribution in [2.45, 2.75) is 63.8 Å². The summed E-state index contributed by atoms with van der Waals surface area (Å²) < 4.78 is 14.5. The van der Waals surface area contributed by atoms with E-state index in [0.717, 1.165) is 12.8 Å². The summed E-state index contributed by atoms with van der Waals surface area (Å²) in [6.07, 6.45) is 5.70. The van der Waals surface area contributed by atoms with Gasteiger partial charge >= 0.3 is 0 Å². The molecule has 1 atom stereocenters. The van der Waals surface area contributed by atoms with Crippen LogP contribution in [0.4, 0.5) is 10.1 Å². The van der Waals surface area contributed by atoms with E-state index in [9.17, 15) is 14.3 Å². The van der Waals surface area contributed by atoms with Crippen molar-refractivity contribution < 1.29 is 14.3 Å². The van der Waals surface area contributed by atoms with Crippen LogP contribution in [0, 0.1) is 0 Å². The molecular weight excluding hydrogens is 377 g/mol. The summed E-state index contributed by atoms with van der Waals surface area (Å²) in [7, 11) is 0. The lowest BCUT2D eigenvalue weighted by Crippen LogP contribution is -2.42. The highest BCUT2D eigenvalue weighted by molar-refractivity contribution is 9.10. The number of anilines is 1. The molecule has 1 aliphatic rings. The number of alkyl halides is 1. The van der Waals surface area contributed by atoms with E-state index in [2.05, 4.69) is 31.5 Å². The summed E-state index contributed by atoms with van der Waals surface area (Å²) >= 11 is 3.32. The first-order valence-corrected chi connectivity index (χ1v) is 9.13. The van der Waals surface area contributed by atoms with Crippen LogP contribution < -0.4 is 10.6 Å². The van der Waals surface area contributed by atoms with Gasteiger partial charge in [-0.15, -0.1) is 0 Å². The van der Waals surface area contributed by atoms with Crippen LogP contribution >= 0.6 is 15.9 Å². The van der Waals surface area contributed by atoms with Gasteiger partial charge in [0, 0.05) is 12.2 Å². The Balaban J connectivity index is 2.06. The average molecular weight is 402 g/mol. The highest BCUT2D eigenvalue weighted by atomic mass is 79.9. The van der Waals surface area contributed by atoms with Crippen molar-refractivity contribution in [3.05, 3.63) is 22.4 Å². The normalized spacial score (nSPS) is 17.4. The molecule has 3 N–H and O–H groups in total. The van der Waals surface area contributed by atoms with Crippen LogP contribution in [0.5, 0.6) is 0 Å². The summed E-state index contributed by atoms with van der Waals surface area (Å²) in [6, 6.07) is 2.11. The number of aromatic nitrogens is 1. The molecule has 134 valence electrons. The third-order valence-corrected chi connectivity index (χ3v) is 4.72. The van der Waals surface area contributed by atoms with Gasteiger partial charge in [0.25, 0.3) is 5.91 Å². The van der Waals surface area contributed by atoms with E-state index in [-0.39, 0.29) is 6.54 Å². The van der Waals surface area contributed by atoms with E-state index in [1.165, 1.54) is 39.3 Å². The van der Waals surface area contributed by atoms with Crippen molar-refractivity contribution in [2.75, 3.05) is 11.9 Å². The van der Waals surface area contributed by atoms with Gasteiger partial charge in [0.15, 0.2) is 0 Å². The molecule has 0 radical (unpaired) electrons. The van der Waals surface area contributed by atoms with Gasteiger partial charge in [-0.2, -0.15) is 0 Å². The van der Waals surface area contributed by atoms with Gasteiger partial charge in [-0.3, -0.25) is 4.79 Å². The molecule has 0 spiro atoms. The fraction of sp³-hybridized carbons (Fsp3) is 0.647. The number of hydrogen-bond acceptors (Lipinski definition) is 4. The summed E-state index contributed by atoms with van der Waals surface area (Å²) in [5.74, 6) is -0.403. The molecular formula is C17H25BrFN3O2. The minimum atomic E-state index is -1.54. The zero-order valence-corrected chi connectivity index (χ0v) is 15.7. The number of pyridine rings is 1. The molecule has 7 heteroatoms. The predicted molar refractivity (Wildman–Crippen MR) is 96.0 cm³/mol. The molecule has 1 aromatic heterocycles. The Hall–Kier alpha value is -1.21. The molecule has 24 heavy (non-hydrogen) atoms. The van der Waals surface area contributed by atoms with Gasteiger partial charge in [0.2, 0.25) is 0 Å². The van der Waals surface area contributed by atoms with Gasteiger partial charge in [-0.25, -0.2) is 9.37 Å². The first kappa shape index (κ1) is 19.1. The third kappa shape index (κ3) is 5.41. The number of nitrogens with one attached hydrogen (secondary N) is 2. The molecule has 1 aromatic rings. The number of carbonyl (C=O) groups excluding carboxylic acids is 1. The lowest BCUT2D eigenvalue weighted by atomic mass is 9.95. The lowest BCUT2D eigenvalue weighted by Gasteiger charge is -2.25. The van der Waals surface area contributed by atoms with E-state index < -0.39 is 17.7 Å². The second kappa shape index (κ2) is 8.25. The molecule has 1 amide bonds. The van der Waals surface area contributed by atoms with E-state index >= 15 is 0 Å². The largest absolute Gasteiger partial charge is 0.387 e. The zero-order valence-electron chi connectivity index (χ0n) is 14.1. The minimum Gasteiger partial charge on any atom is -0.387 e. The molecule has 2 rings (SSSR count). The van der Waals surface area contributed by atoms with Crippen LogP contribution in [-0.4, -0.2) is 40.4 Å². The average Bonchev–Trinajstić information content (AvgIpc) is 2.52. The molecule has 1 heterocycles. The summed E-state index contributed by atoms with van der Waals surface area (Å²) in [4.78, 5) is 16.5. The standard InChI is InChI=1S/C17H25BrFN3O2/c1-17(2,24)14(19)10-21-16(23)12-9-20-15(18)8-13(12)22-11-6-4-3-5-7-11/h8-9,11,14,24H,3-7,10H2,1-2H3,(H,20,22)(H,21,23). The van der Waals surface area contributed by atoms with Crippen LogP contribution in [0.15, 0.2) is 16.9 Å². The summed E-state index contributed by atoms with van der Waals surface area (Å²) in [5.41, 5.74) is -0.416. The Morgan fingerprint density at radius 3 is 2.75 bits per heavy atom. The van der Waals surface area contributed by atoms with E-state index in [1.54, 1.807) is 6.07 Å². The first-order chi connectivity index (χ1) is 11.3. The second-order valence-electron chi connectivity index (χ2n) is 6.86. The molecule has 0 aromatic carbocycles. The van der Waals surface area contributed by atoms with Crippen LogP contribution in [0.1, 0.15) is 56.3 Å². The topological polar surface area (TPSA) is 74.2 Å². The monoisotopic (exact) mass is 401 g/mol. The van der Waals surface area contributed by atoms with Crippen molar-refractivity contribution in [3.8, 4) is 0 Å². The Morgan fingerprint density at radius 2 is 2.12 bits per heavy atom. The number of aliphatic hydroxyl groups is 1. The zero-order chi connectivity index (χ0) is 17.7. The lowest BCUT2D eigenvalue weighted by molar-refractivity contribution is -0.00177. The molecule has 5 nitrogen and oxygen atoms in total. The molecule has 0 bridgehead atoms. The molecule has 1 unspecified atom stereocenters. The minimum absolute atomic E-state index is 0.249. The second-order valence-corrected chi connectivity index (χ2v) is 7.68. The summed E-state index contributed by atoms with van der Waals surface area (Å²) in [6.45, 7) is 2.50. The predicted octanol–water partition coefficient (Wildman–Crippen LogP) is 3.43. The van der Waals surface area contributed by atoms with E-state index in [4.69, 9.17) is 0 Å². The number of amides is 1. The van der Waals surface area contributed by atoms with Crippen LogP contribution in [0.3, 0.4) is 0 Å². The molecule has 1 saturated carbocycles. The highest BCUT2D eigenvalue weighted by Crippen LogP contribution is 2.25. The Kier molecular flexibility index (Phi) is 6.57. The van der Waals surface area contributed by atoms with Crippen LogP contribution in [0.25, 0.3) is 0 Å². The van der Waals surface area contributed by atoms with Crippen molar-refractivity contribution in [1.82, 2.24) is 10.3 Å². The smallest absolute Gasteiger partial charge is 0.255 e. The maximum Gasteiger partial charge on any atom is 0.255 e. The molecule has 1 fully saturated rings. The fourth-order valence-corrected chi connectivity index (χ4v) is 3.06. The van der Waals surface area contributed by atoms with Crippen molar-refractivity contribution in [2.24, 2.45) is 0 Å². The fourth-order valence-electron chi connectivity index (χ4n) is 2.72. The highest BCUT2D eigenvalue weighted by Gasteiger charge is 2.27. The molecule has 1 aliphatic carbocycles. The number of halogens is 2. The number of nitrogens with zero attached hydrogens (tertiary/aromatic N) is 1. The SMILES string of the molecule is CC(C)(O)C(F)CNC(=O)c1cnc(Br)cc1NC1CCCCC1. The number of hydrogen-bond donors (Lipinski definition) is 3. The van der Waals surface area contributed by atoms with Gasteiger partial charge in [-0.1, -0.05) is 19.3 Å². The Bertz CT molecular complexity index is 571. The third-order valence-electron chi connectivity index (χ3n) is 4.29. The van der Waals surface area contributed by atoms with Gasteiger partial charge in [0.05, 0.1) is 23.4 Å². The van der Waals surface area contributed by atoms with Crippen LogP contribution in [0.2, 0.25) is 0 Å². The van der Waals surface area contributed by atoms with Gasteiger partial charge < -0.3 is 15.7 Å². The molecule has 0 aliphatic heterocycles. The van der Waals surface area contributed by atoms with Crippen molar-refractivity contribution >= 4 is 27.5 Å². The Labute approximate surface area is 150 Å². The van der Waals surface area contributed by atoms with E-state index in [1.807, 2.05) is 0 Å². The first-order valence-electron chi connectivity index (χ1n) is 8.34. The van der Waals surface area contributed by atoms with E-state index in [0.29, 0.717) is 21.9 Å². The number of carbonyl (C=O) groups is 1. The molecule has 0 saturated heterocycles. The van der Waals surface area contributed by atoms with Gasteiger partial charge in [-0.05, 0) is 48.7 Å². The summed E-state index contributed by atoms with van der Waals surface area (Å²) in [5, 5.41) is 15.6. The number of rotatable bonds is 6. The Morgan fingerprint density at radius 1 is 1.46 bits per heavy atom. The quantitative estimate of drug-likeness (QED) is 0.638. The van der Waals surface area contributed by atoms with Crippen molar-refractivity contribution in [1.29, 1.82) is 0 Å². The van der Waals surface area contributed by atoms with Gasteiger partial charge in [0.1, 0.15) is 10.8 Å². The van der Waals surface area contributed by atoms with Crippen molar-refractivity contribution in [3.63, 3.8) is 0 Å².